The number of hydrogen-bond donors (Lipinski definition) is 0. The van der Waals surface area contributed by atoms with E-state index in [-0.39, 0.29) is 11.1 Å². The quantitative estimate of drug-likeness (QED) is 0.362. The molecule has 3 atom stereocenters. The van der Waals surface area contributed by atoms with Gasteiger partial charge in [-0.1, -0.05) is 71.4 Å². The van der Waals surface area contributed by atoms with Crippen LogP contribution >= 0.6 is 15.9 Å². The zero-order valence-electron chi connectivity index (χ0n) is 18.7. The van der Waals surface area contributed by atoms with Gasteiger partial charge in [0.25, 0.3) is 0 Å². The van der Waals surface area contributed by atoms with Crippen LogP contribution in [0.3, 0.4) is 0 Å². The first-order chi connectivity index (χ1) is 16.9. The fourth-order valence-electron chi connectivity index (χ4n) is 5.64. The van der Waals surface area contributed by atoms with Crippen molar-refractivity contribution < 1.29 is 23.9 Å². The number of benzene rings is 3. The lowest BCUT2D eigenvalue weighted by Gasteiger charge is -2.27. The molecule has 2 saturated heterocycles. The number of Topliss-reactive ketones (excluding diaryl/α,β-unsaturated/α-hetero) is 2. The molecular formula is C28H20BrNO5. The Bertz CT molecular complexity index is 1390. The first kappa shape index (κ1) is 22.1. The number of amides is 2. The Hall–Kier alpha value is -3.42. The van der Waals surface area contributed by atoms with Gasteiger partial charge in [0.1, 0.15) is 0 Å². The van der Waals surface area contributed by atoms with Crippen molar-refractivity contribution in [2.45, 2.75) is 25.0 Å². The van der Waals surface area contributed by atoms with Gasteiger partial charge in [0.15, 0.2) is 0 Å². The van der Waals surface area contributed by atoms with Crippen LogP contribution in [0.25, 0.3) is 0 Å². The van der Waals surface area contributed by atoms with Crippen molar-refractivity contribution in [2.75, 3.05) is 4.90 Å². The SMILES string of the molecule is CCc1ccc(N2C(=O)[C@H]3[C@@H](C2=O)C2(O[C@H]3c3cccc(Br)c3)C(=O)c3ccccc3C2=O)cc1. The highest BCUT2D eigenvalue weighted by Gasteiger charge is 2.74. The maximum atomic E-state index is 13.9. The van der Waals surface area contributed by atoms with Gasteiger partial charge in [0, 0.05) is 15.6 Å². The number of nitrogens with zero attached hydrogens (tertiary/aromatic N) is 1. The monoisotopic (exact) mass is 529 g/mol. The molecule has 174 valence electrons. The summed E-state index contributed by atoms with van der Waals surface area (Å²) in [5.41, 5.74) is 0.481. The molecule has 3 aliphatic rings. The van der Waals surface area contributed by atoms with E-state index in [0.29, 0.717) is 11.3 Å². The van der Waals surface area contributed by atoms with Crippen molar-refractivity contribution in [3.8, 4) is 0 Å². The topological polar surface area (TPSA) is 80.8 Å². The summed E-state index contributed by atoms with van der Waals surface area (Å²) in [6.45, 7) is 2.02. The predicted octanol–water partition coefficient (Wildman–Crippen LogP) is 4.71. The number of fused-ring (bicyclic) bond motifs is 3. The van der Waals surface area contributed by atoms with Gasteiger partial charge in [-0.3, -0.25) is 19.2 Å². The second-order valence-electron chi connectivity index (χ2n) is 9.07. The molecule has 3 aromatic carbocycles. The van der Waals surface area contributed by atoms with E-state index in [1.165, 1.54) is 0 Å². The molecule has 1 spiro atoms. The van der Waals surface area contributed by atoms with Crippen molar-refractivity contribution in [2.24, 2.45) is 11.8 Å². The lowest BCUT2D eigenvalue weighted by Crippen LogP contribution is -2.51. The summed E-state index contributed by atoms with van der Waals surface area (Å²) < 4.78 is 7.06. The van der Waals surface area contributed by atoms with Gasteiger partial charge in [-0.2, -0.15) is 0 Å². The molecule has 6 nitrogen and oxygen atoms in total. The summed E-state index contributed by atoms with van der Waals surface area (Å²) in [6.07, 6.45) is -0.118. The number of halogens is 1. The second kappa shape index (κ2) is 7.80. The number of hydrogen-bond acceptors (Lipinski definition) is 5. The standard InChI is InChI=1S/C28H20BrNO5/c1-2-15-10-12-18(13-11-15)30-26(33)21-22(27(30)34)28(35-23(21)16-6-5-7-17(29)14-16)24(31)19-8-3-4-9-20(19)25(28)32/h3-14,21-23H,2H2,1H3/t21-,22-,23-/m0/s1. The maximum Gasteiger partial charge on any atom is 0.241 e. The second-order valence-corrected chi connectivity index (χ2v) is 9.98. The zero-order chi connectivity index (χ0) is 24.5. The number of ether oxygens (including phenoxy) is 1. The molecule has 35 heavy (non-hydrogen) atoms. The van der Waals surface area contributed by atoms with Gasteiger partial charge in [0.05, 0.1) is 23.6 Å². The molecule has 0 aromatic heterocycles. The summed E-state index contributed by atoms with van der Waals surface area (Å²) in [7, 11) is 0. The van der Waals surface area contributed by atoms with Crippen LogP contribution in [0.15, 0.2) is 77.3 Å². The average Bonchev–Trinajstić information content (AvgIpc) is 3.44. The first-order valence-corrected chi connectivity index (χ1v) is 12.3. The molecular weight excluding hydrogens is 510 g/mol. The number of aryl methyl sites for hydroxylation is 1. The van der Waals surface area contributed by atoms with Gasteiger partial charge >= 0.3 is 0 Å². The summed E-state index contributed by atoms with van der Waals surface area (Å²) in [4.78, 5) is 56.4. The summed E-state index contributed by atoms with van der Waals surface area (Å²) in [6, 6.07) is 20.8. The number of carbonyl (C=O) groups excluding carboxylic acids is 4. The van der Waals surface area contributed by atoms with Crippen LogP contribution in [0, 0.1) is 11.8 Å². The van der Waals surface area contributed by atoms with Crippen LogP contribution < -0.4 is 4.90 Å². The van der Waals surface area contributed by atoms with Crippen molar-refractivity contribution in [3.63, 3.8) is 0 Å². The molecule has 2 fully saturated rings. The number of anilines is 1. The fraction of sp³-hybridized carbons (Fsp3) is 0.214. The Morgan fingerprint density at radius 1 is 0.857 bits per heavy atom. The smallest absolute Gasteiger partial charge is 0.241 e. The van der Waals surface area contributed by atoms with Crippen LogP contribution in [0.1, 0.15) is 44.9 Å². The third-order valence-corrected chi connectivity index (χ3v) is 7.79. The van der Waals surface area contributed by atoms with Gasteiger partial charge in [-0.05, 0) is 41.8 Å². The zero-order valence-corrected chi connectivity index (χ0v) is 20.3. The molecule has 7 heteroatoms. The van der Waals surface area contributed by atoms with Gasteiger partial charge in [0.2, 0.25) is 29.0 Å². The van der Waals surface area contributed by atoms with Gasteiger partial charge in [-0.25, -0.2) is 4.90 Å². The first-order valence-electron chi connectivity index (χ1n) is 11.5. The molecule has 2 amide bonds. The number of ketones is 2. The number of rotatable bonds is 3. The Labute approximate surface area is 210 Å². The minimum Gasteiger partial charge on any atom is -0.349 e. The molecule has 2 heterocycles. The average molecular weight is 530 g/mol. The largest absolute Gasteiger partial charge is 0.349 e. The van der Waals surface area contributed by atoms with E-state index in [1.54, 1.807) is 54.6 Å². The van der Waals surface area contributed by atoms with E-state index in [2.05, 4.69) is 15.9 Å². The predicted molar refractivity (Wildman–Crippen MR) is 131 cm³/mol. The van der Waals surface area contributed by atoms with Crippen LogP contribution in [0.4, 0.5) is 5.69 Å². The molecule has 0 saturated carbocycles. The number of carbonyl (C=O) groups is 4. The number of imide groups is 1. The van der Waals surface area contributed by atoms with Crippen molar-refractivity contribution in [1.29, 1.82) is 0 Å². The van der Waals surface area contributed by atoms with Gasteiger partial charge in [-0.15, -0.1) is 0 Å². The third kappa shape index (κ3) is 2.91. The Morgan fingerprint density at radius 3 is 2.11 bits per heavy atom. The van der Waals surface area contributed by atoms with Crippen molar-refractivity contribution in [1.82, 2.24) is 0 Å². The van der Waals surface area contributed by atoms with E-state index < -0.39 is 46.9 Å². The summed E-state index contributed by atoms with van der Waals surface area (Å²) in [5.74, 6) is -4.44. The molecule has 0 bridgehead atoms. The summed E-state index contributed by atoms with van der Waals surface area (Å²) in [5, 5.41) is 0. The van der Waals surface area contributed by atoms with Crippen LogP contribution in [0.2, 0.25) is 0 Å². The van der Waals surface area contributed by atoms with Crippen LogP contribution in [-0.4, -0.2) is 29.0 Å². The Balaban J connectivity index is 1.53. The van der Waals surface area contributed by atoms with E-state index in [4.69, 9.17) is 4.74 Å². The molecule has 0 radical (unpaired) electrons. The lowest BCUT2D eigenvalue weighted by molar-refractivity contribution is -0.127. The Morgan fingerprint density at radius 2 is 1.51 bits per heavy atom. The molecule has 1 aliphatic carbocycles. The van der Waals surface area contributed by atoms with Crippen molar-refractivity contribution in [3.05, 3.63) is 99.5 Å². The van der Waals surface area contributed by atoms with E-state index in [1.807, 2.05) is 25.1 Å². The molecule has 3 aromatic rings. The van der Waals surface area contributed by atoms with Gasteiger partial charge < -0.3 is 4.74 Å². The highest BCUT2D eigenvalue weighted by atomic mass is 79.9. The van der Waals surface area contributed by atoms with E-state index >= 15 is 0 Å². The van der Waals surface area contributed by atoms with Crippen LogP contribution in [0.5, 0.6) is 0 Å². The fourth-order valence-corrected chi connectivity index (χ4v) is 6.05. The molecule has 0 N–H and O–H groups in total. The minimum atomic E-state index is -2.06. The lowest BCUT2D eigenvalue weighted by atomic mass is 9.77. The van der Waals surface area contributed by atoms with Crippen LogP contribution in [-0.2, 0) is 20.7 Å². The summed E-state index contributed by atoms with van der Waals surface area (Å²) >= 11 is 3.44. The third-order valence-electron chi connectivity index (χ3n) is 7.30. The molecule has 0 unspecified atom stereocenters. The maximum absolute atomic E-state index is 13.9. The van der Waals surface area contributed by atoms with Crippen molar-refractivity contribution >= 4 is 45.0 Å². The van der Waals surface area contributed by atoms with E-state index in [0.717, 1.165) is 21.4 Å². The normalized spacial score (nSPS) is 24.4. The highest BCUT2D eigenvalue weighted by Crippen LogP contribution is 2.57. The molecule has 2 aliphatic heterocycles. The minimum absolute atomic E-state index is 0.220. The highest BCUT2D eigenvalue weighted by molar-refractivity contribution is 9.10. The Kier molecular flexibility index (Phi) is 4.92. The molecule has 6 rings (SSSR count). The van der Waals surface area contributed by atoms with E-state index in [9.17, 15) is 19.2 Å².